The van der Waals surface area contributed by atoms with Crippen LogP contribution in [0.1, 0.15) is 51.0 Å². The van der Waals surface area contributed by atoms with E-state index in [4.69, 9.17) is 4.74 Å². The smallest absolute Gasteiger partial charge is 0.225 e. The lowest BCUT2D eigenvalue weighted by Crippen LogP contribution is -2.45. The largest absolute Gasteiger partial charge is 0.481 e. The monoisotopic (exact) mass is 387 g/mol. The minimum atomic E-state index is 0.246. The predicted molar refractivity (Wildman–Crippen MR) is 110 cm³/mol. The summed E-state index contributed by atoms with van der Waals surface area (Å²) in [5.41, 5.74) is 1.05. The normalized spacial score (nSPS) is 20.9. The molecule has 1 saturated heterocycles. The maximum atomic E-state index is 12.8. The zero-order chi connectivity index (χ0) is 19.8. The molecule has 2 fully saturated rings. The molecule has 1 atom stereocenters. The van der Waals surface area contributed by atoms with E-state index in [-0.39, 0.29) is 12.0 Å². The first-order valence-corrected chi connectivity index (χ1v) is 10.5. The van der Waals surface area contributed by atoms with Crippen molar-refractivity contribution in [2.75, 3.05) is 26.7 Å². The maximum Gasteiger partial charge on any atom is 0.225 e. The van der Waals surface area contributed by atoms with Gasteiger partial charge in [0.15, 0.2) is 5.96 Å². The Balaban J connectivity index is 1.54. The van der Waals surface area contributed by atoms with Crippen molar-refractivity contribution >= 4 is 11.9 Å². The highest BCUT2D eigenvalue weighted by Crippen LogP contribution is 2.26. The van der Waals surface area contributed by atoms with Crippen LogP contribution in [0.2, 0.25) is 0 Å². The Morgan fingerprint density at radius 3 is 2.89 bits per heavy atom. The number of aliphatic imine (C=N–C) groups is 1. The molecule has 1 unspecified atom stereocenters. The molecule has 0 aromatic carbocycles. The molecule has 2 N–H and O–H groups in total. The number of rotatable bonds is 6. The van der Waals surface area contributed by atoms with Gasteiger partial charge in [-0.15, -0.1) is 0 Å². The number of guanidine groups is 1. The van der Waals surface area contributed by atoms with Crippen molar-refractivity contribution in [2.24, 2.45) is 10.9 Å². The summed E-state index contributed by atoms with van der Waals surface area (Å²) >= 11 is 0. The molecular weight excluding hydrogens is 354 g/mol. The minimum Gasteiger partial charge on any atom is -0.481 e. The van der Waals surface area contributed by atoms with Gasteiger partial charge in [-0.3, -0.25) is 4.79 Å². The van der Waals surface area contributed by atoms with E-state index in [1.165, 1.54) is 19.3 Å². The number of carbonyl (C=O) groups excluding carboxylic acids is 1. The Morgan fingerprint density at radius 1 is 1.32 bits per heavy atom. The number of ether oxygens (including phenoxy) is 1. The number of nitrogens with zero attached hydrogens (tertiary/aromatic N) is 3. The summed E-state index contributed by atoms with van der Waals surface area (Å²) in [6.07, 6.45) is 8.49. The van der Waals surface area contributed by atoms with Crippen LogP contribution >= 0.6 is 0 Å². The molecule has 1 amide bonds. The number of hydrogen-bond acceptors (Lipinski definition) is 4. The lowest BCUT2D eigenvalue weighted by molar-refractivity contribution is -0.135. The minimum absolute atomic E-state index is 0.246. The van der Waals surface area contributed by atoms with Crippen molar-refractivity contribution in [2.45, 2.75) is 58.0 Å². The molecule has 1 saturated carbocycles. The van der Waals surface area contributed by atoms with Crippen LogP contribution in [0.4, 0.5) is 0 Å². The number of aromatic nitrogens is 1. The van der Waals surface area contributed by atoms with Gasteiger partial charge < -0.3 is 20.3 Å². The van der Waals surface area contributed by atoms with E-state index in [9.17, 15) is 4.79 Å². The number of carbonyl (C=O) groups is 1. The highest BCUT2D eigenvalue weighted by atomic mass is 16.5. The lowest BCUT2D eigenvalue weighted by atomic mass is 9.88. The molecule has 28 heavy (non-hydrogen) atoms. The number of hydrogen-bond donors (Lipinski definition) is 2. The summed E-state index contributed by atoms with van der Waals surface area (Å²) in [6, 6.07) is 4.08. The van der Waals surface area contributed by atoms with Gasteiger partial charge >= 0.3 is 0 Å². The Kier molecular flexibility index (Phi) is 7.51. The van der Waals surface area contributed by atoms with Crippen LogP contribution in [-0.2, 0) is 11.3 Å². The third-order valence-corrected chi connectivity index (χ3v) is 5.57. The fourth-order valence-electron chi connectivity index (χ4n) is 4.03. The van der Waals surface area contributed by atoms with Gasteiger partial charge in [0, 0.05) is 43.9 Å². The molecule has 1 aliphatic carbocycles. The zero-order valence-electron chi connectivity index (χ0n) is 17.1. The van der Waals surface area contributed by atoms with Crippen molar-refractivity contribution in [3.05, 3.63) is 23.9 Å². The molecule has 3 rings (SSSR count). The first-order chi connectivity index (χ1) is 13.7. The summed E-state index contributed by atoms with van der Waals surface area (Å²) in [5, 5.41) is 6.81. The fourth-order valence-corrected chi connectivity index (χ4v) is 4.03. The van der Waals surface area contributed by atoms with Crippen LogP contribution in [0, 0.1) is 5.92 Å². The van der Waals surface area contributed by atoms with Crippen LogP contribution in [0.25, 0.3) is 0 Å². The Hall–Kier alpha value is -2.31. The van der Waals surface area contributed by atoms with Gasteiger partial charge in [0.2, 0.25) is 11.8 Å². The standard InChI is InChI=1S/C21H33N5O2/c1-3-22-21(24-14-16-9-11-23-19(13-16)28-2)25-18-10-12-26(15-18)20(27)17-7-5-4-6-8-17/h9,11,13,17-18H,3-8,10,12,14-15H2,1-2H3,(H2,22,24,25). The third-order valence-electron chi connectivity index (χ3n) is 5.57. The van der Waals surface area contributed by atoms with E-state index < -0.39 is 0 Å². The molecule has 154 valence electrons. The topological polar surface area (TPSA) is 78.9 Å². The van der Waals surface area contributed by atoms with E-state index in [0.717, 1.165) is 50.4 Å². The molecule has 1 aromatic rings. The first kappa shape index (κ1) is 20.4. The Bertz CT molecular complexity index is 673. The molecule has 2 aliphatic rings. The summed E-state index contributed by atoms with van der Waals surface area (Å²) in [7, 11) is 1.61. The van der Waals surface area contributed by atoms with Gasteiger partial charge in [0.05, 0.1) is 13.7 Å². The van der Waals surface area contributed by atoms with Crippen LogP contribution in [-0.4, -0.2) is 54.5 Å². The quantitative estimate of drug-likeness (QED) is 0.579. The van der Waals surface area contributed by atoms with E-state index >= 15 is 0 Å². The highest BCUT2D eigenvalue weighted by molar-refractivity contribution is 5.81. The molecule has 0 radical (unpaired) electrons. The lowest BCUT2D eigenvalue weighted by Gasteiger charge is -2.26. The van der Waals surface area contributed by atoms with Crippen molar-refractivity contribution in [3.8, 4) is 5.88 Å². The highest BCUT2D eigenvalue weighted by Gasteiger charge is 2.31. The number of nitrogens with one attached hydrogen (secondary N) is 2. The first-order valence-electron chi connectivity index (χ1n) is 10.5. The van der Waals surface area contributed by atoms with Gasteiger partial charge in [-0.25, -0.2) is 9.98 Å². The van der Waals surface area contributed by atoms with E-state index in [2.05, 4.69) is 27.5 Å². The second-order valence-corrected chi connectivity index (χ2v) is 7.65. The van der Waals surface area contributed by atoms with Crippen LogP contribution in [0.3, 0.4) is 0 Å². The molecule has 1 aliphatic heterocycles. The van der Waals surface area contributed by atoms with Gasteiger partial charge in [0.25, 0.3) is 0 Å². The number of likely N-dealkylation sites (tertiary alicyclic amines) is 1. The van der Waals surface area contributed by atoms with E-state index in [1.54, 1.807) is 13.3 Å². The average Bonchev–Trinajstić information content (AvgIpc) is 3.21. The Labute approximate surface area is 168 Å². The molecule has 0 bridgehead atoms. The SMILES string of the molecule is CCNC(=NCc1ccnc(OC)c1)NC1CCN(C(=O)C2CCCCC2)C1. The molecule has 7 heteroatoms. The van der Waals surface area contributed by atoms with E-state index in [0.29, 0.717) is 18.3 Å². The van der Waals surface area contributed by atoms with Crippen molar-refractivity contribution in [1.82, 2.24) is 20.5 Å². The molecule has 2 heterocycles. The second kappa shape index (κ2) is 10.3. The van der Waals surface area contributed by atoms with Gasteiger partial charge in [-0.1, -0.05) is 19.3 Å². The van der Waals surface area contributed by atoms with Crippen LogP contribution in [0.5, 0.6) is 5.88 Å². The molecular formula is C21H33N5O2. The average molecular weight is 388 g/mol. The van der Waals surface area contributed by atoms with Crippen LogP contribution in [0.15, 0.2) is 23.3 Å². The summed E-state index contributed by atoms with van der Waals surface area (Å²) in [4.78, 5) is 23.6. The summed E-state index contributed by atoms with van der Waals surface area (Å²) in [6.45, 7) is 5.01. The predicted octanol–water partition coefficient (Wildman–Crippen LogP) is 2.33. The van der Waals surface area contributed by atoms with Gasteiger partial charge in [0.1, 0.15) is 0 Å². The third kappa shape index (κ3) is 5.59. The summed E-state index contributed by atoms with van der Waals surface area (Å²) < 4.78 is 5.17. The number of methoxy groups -OCH3 is 1. The van der Waals surface area contributed by atoms with E-state index in [1.807, 2.05) is 17.0 Å². The maximum absolute atomic E-state index is 12.8. The van der Waals surface area contributed by atoms with Crippen molar-refractivity contribution in [1.29, 1.82) is 0 Å². The number of amides is 1. The fraction of sp³-hybridized carbons (Fsp3) is 0.667. The molecule has 1 aromatic heterocycles. The molecule has 7 nitrogen and oxygen atoms in total. The van der Waals surface area contributed by atoms with Crippen molar-refractivity contribution in [3.63, 3.8) is 0 Å². The van der Waals surface area contributed by atoms with Crippen molar-refractivity contribution < 1.29 is 9.53 Å². The number of pyridine rings is 1. The molecule has 0 spiro atoms. The second-order valence-electron chi connectivity index (χ2n) is 7.65. The zero-order valence-corrected chi connectivity index (χ0v) is 17.1. The Morgan fingerprint density at radius 2 is 2.14 bits per heavy atom. The van der Waals surface area contributed by atoms with Gasteiger partial charge in [-0.05, 0) is 37.8 Å². The van der Waals surface area contributed by atoms with Crippen LogP contribution < -0.4 is 15.4 Å². The van der Waals surface area contributed by atoms with Gasteiger partial charge in [-0.2, -0.15) is 0 Å². The summed E-state index contributed by atoms with van der Waals surface area (Å²) in [5.74, 6) is 1.99.